The van der Waals surface area contributed by atoms with E-state index < -0.39 is 6.10 Å². The highest BCUT2D eigenvalue weighted by Gasteiger charge is 2.22. The van der Waals surface area contributed by atoms with Gasteiger partial charge in [0.2, 0.25) is 0 Å². The minimum Gasteiger partial charge on any atom is -0.388 e. The van der Waals surface area contributed by atoms with Gasteiger partial charge in [0, 0.05) is 17.4 Å². The van der Waals surface area contributed by atoms with Gasteiger partial charge in [-0.1, -0.05) is 50.4 Å². The Kier molecular flexibility index (Phi) is 6.37. The zero-order chi connectivity index (χ0) is 13.5. The fourth-order valence-electron chi connectivity index (χ4n) is 1.90. The summed E-state index contributed by atoms with van der Waals surface area (Å²) >= 11 is 5.79. The molecular weight excluding hydrogens is 248 g/mol. The summed E-state index contributed by atoms with van der Waals surface area (Å²) in [4.78, 5) is 11.9. The highest BCUT2D eigenvalue weighted by molar-refractivity contribution is 6.30. The van der Waals surface area contributed by atoms with Gasteiger partial charge in [-0.15, -0.1) is 0 Å². The minimum absolute atomic E-state index is 0.130. The van der Waals surface area contributed by atoms with E-state index in [0.717, 1.165) is 24.8 Å². The molecule has 0 aliphatic carbocycles. The Balaban J connectivity index is 2.57. The van der Waals surface area contributed by atoms with Gasteiger partial charge in [-0.2, -0.15) is 0 Å². The lowest BCUT2D eigenvalue weighted by atomic mass is 9.91. The molecule has 2 nitrogen and oxygen atoms in total. The standard InChI is InChI=1S/C15H21ClO2/c1-3-4-5-6-14(17)11(2)15(18)12-7-9-13(16)10-8-12/h7-11,15,18H,3-6H2,1-2H3. The van der Waals surface area contributed by atoms with E-state index in [4.69, 9.17) is 11.6 Å². The van der Waals surface area contributed by atoms with E-state index in [1.54, 1.807) is 31.2 Å². The lowest BCUT2D eigenvalue weighted by Crippen LogP contribution is -2.19. The normalized spacial score (nSPS) is 14.2. The van der Waals surface area contributed by atoms with Gasteiger partial charge in [-0.3, -0.25) is 4.79 Å². The van der Waals surface area contributed by atoms with Crippen LogP contribution >= 0.6 is 11.6 Å². The number of halogens is 1. The number of aliphatic hydroxyl groups excluding tert-OH is 1. The van der Waals surface area contributed by atoms with Gasteiger partial charge >= 0.3 is 0 Å². The van der Waals surface area contributed by atoms with E-state index in [1.165, 1.54) is 0 Å². The molecule has 2 unspecified atom stereocenters. The third-order valence-electron chi connectivity index (χ3n) is 3.22. The second-order valence-electron chi connectivity index (χ2n) is 4.71. The van der Waals surface area contributed by atoms with E-state index in [2.05, 4.69) is 6.92 Å². The zero-order valence-corrected chi connectivity index (χ0v) is 11.8. The molecule has 0 aliphatic heterocycles. The molecule has 3 heteroatoms. The molecular formula is C15H21ClO2. The Morgan fingerprint density at radius 1 is 1.28 bits per heavy atom. The maximum atomic E-state index is 11.9. The Hall–Kier alpha value is -0.860. The van der Waals surface area contributed by atoms with E-state index in [1.807, 2.05) is 0 Å². The van der Waals surface area contributed by atoms with Crippen molar-refractivity contribution in [1.82, 2.24) is 0 Å². The number of benzene rings is 1. The molecule has 0 aliphatic rings. The number of Topliss-reactive ketones (excluding diaryl/α,β-unsaturated/α-hetero) is 1. The number of carbonyl (C=O) groups is 1. The molecule has 0 heterocycles. The van der Waals surface area contributed by atoms with Crippen LogP contribution in [0.15, 0.2) is 24.3 Å². The Morgan fingerprint density at radius 3 is 2.44 bits per heavy atom. The van der Waals surface area contributed by atoms with E-state index in [0.29, 0.717) is 11.4 Å². The van der Waals surface area contributed by atoms with Crippen LogP contribution in [0.5, 0.6) is 0 Å². The number of aliphatic hydroxyl groups is 1. The van der Waals surface area contributed by atoms with Crippen LogP contribution < -0.4 is 0 Å². The molecule has 0 saturated heterocycles. The van der Waals surface area contributed by atoms with Gasteiger partial charge < -0.3 is 5.11 Å². The molecule has 1 aromatic rings. The van der Waals surface area contributed by atoms with Crippen molar-refractivity contribution in [2.45, 2.75) is 45.6 Å². The first-order valence-electron chi connectivity index (χ1n) is 6.52. The maximum Gasteiger partial charge on any atom is 0.138 e. The number of unbranched alkanes of at least 4 members (excludes halogenated alkanes) is 2. The van der Waals surface area contributed by atoms with Gasteiger partial charge in [0.1, 0.15) is 5.78 Å². The Morgan fingerprint density at radius 2 is 1.89 bits per heavy atom. The van der Waals surface area contributed by atoms with Crippen LogP contribution in [0.4, 0.5) is 0 Å². The number of rotatable bonds is 7. The first-order chi connectivity index (χ1) is 8.56. The molecule has 0 fully saturated rings. The van der Waals surface area contributed by atoms with Crippen LogP contribution in [0.1, 0.15) is 51.2 Å². The zero-order valence-electron chi connectivity index (χ0n) is 11.0. The van der Waals surface area contributed by atoms with Crippen molar-refractivity contribution >= 4 is 17.4 Å². The molecule has 0 spiro atoms. The summed E-state index contributed by atoms with van der Waals surface area (Å²) in [6.45, 7) is 3.89. The SMILES string of the molecule is CCCCCC(=O)C(C)C(O)c1ccc(Cl)cc1. The second kappa shape index (κ2) is 7.55. The highest BCUT2D eigenvalue weighted by Crippen LogP contribution is 2.25. The van der Waals surface area contributed by atoms with E-state index in [9.17, 15) is 9.90 Å². The average molecular weight is 269 g/mol. The summed E-state index contributed by atoms with van der Waals surface area (Å²) in [5.74, 6) is -0.228. The predicted molar refractivity (Wildman–Crippen MR) is 74.7 cm³/mol. The Bertz CT molecular complexity index is 373. The molecule has 0 aromatic heterocycles. The third-order valence-corrected chi connectivity index (χ3v) is 3.47. The maximum absolute atomic E-state index is 11.9. The molecule has 0 radical (unpaired) electrons. The molecule has 0 saturated carbocycles. The van der Waals surface area contributed by atoms with Crippen molar-refractivity contribution in [3.8, 4) is 0 Å². The van der Waals surface area contributed by atoms with Crippen LogP contribution in [0.3, 0.4) is 0 Å². The lowest BCUT2D eigenvalue weighted by molar-refractivity contribution is -0.125. The van der Waals surface area contributed by atoms with Crippen LogP contribution in [0.25, 0.3) is 0 Å². The highest BCUT2D eigenvalue weighted by atomic mass is 35.5. The molecule has 0 bridgehead atoms. The molecule has 1 aromatic carbocycles. The van der Waals surface area contributed by atoms with E-state index >= 15 is 0 Å². The van der Waals surface area contributed by atoms with Gasteiger partial charge in [-0.05, 0) is 24.1 Å². The van der Waals surface area contributed by atoms with Crippen LogP contribution in [0.2, 0.25) is 5.02 Å². The number of carbonyl (C=O) groups excluding carboxylic acids is 1. The molecule has 18 heavy (non-hydrogen) atoms. The fourth-order valence-corrected chi connectivity index (χ4v) is 2.03. The lowest BCUT2D eigenvalue weighted by Gasteiger charge is -2.18. The monoisotopic (exact) mass is 268 g/mol. The number of ketones is 1. The van der Waals surface area contributed by atoms with Crippen molar-refractivity contribution < 1.29 is 9.90 Å². The Labute approximate surface area is 114 Å². The number of hydrogen-bond acceptors (Lipinski definition) is 2. The van der Waals surface area contributed by atoms with Crippen molar-refractivity contribution in [3.05, 3.63) is 34.9 Å². The van der Waals surface area contributed by atoms with Crippen LogP contribution in [0, 0.1) is 5.92 Å². The first kappa shape index (κ1) is 15.2. The summed E-state index contributed by atoms with van der Waals surface area (Å²) in [5.41, 5.74) is 0.746. The molecule has 100 valence electrons. The van der Waals surface area contributed by atoms with Crippen molar-refractivity contribution in [1.29, 1.82) is 0 Å². The summed E-state index contributed by atoms with van der Waals surface area (Å²) in [7, 11) is 0. The topological polar surface area (TPSA) is 37.3 Å². The van der Waals surface area contributed by atoms with E-state index in [-0.39, 0.29) is 11.7 Å². The van der Waals surface area contributed by atoms with Crippen LogP contribution in [-0.2, 0) is 4.79 Å². The predicted octanol–water partition coefficient (Wildman–Crippen LogP) is 4.16. The minimum atomic E-state index is -0.739. The smallest absolute Gasteiger partial charge is 0.138 e. The van der Waals surface area contributed by atoms with Gasteiger partial charge in [0.25, 0.3) is 0 Å². The van der Waals surface area contributed by atoms with Crippen molar-refractivity contribution in [2.75, 3.05) is 0 Å². The first-order valence-corrected chi connectivity index (χ1v) is 6.90. The van der Waals surface area contributed by atoms with Gasteiger partial charge in [0.15, 0.2) is 0 Å². The van der Waals surface area contributed by atoms with Gasteiger partial charge in [0.05, 0.1) is 6.10 Å². The van der Waals surface area contributed by atoms with Crippen LogP contribution in [-0.4, -0.2) is 10.9 Å². The van der Waals surface area contributed by atoms with Crippen molar-refractivity contribution in [2.24, 2.45) is 5.92 Å². The average Bonchev–Trinajstić information content (AvgIpc) is 2.38. The fraction of sp³-hybridized carbons (Fsp3) is 0.533. The molecule has 1 rings (SSSR count). The second-order valence-corrected chi connectivity index (χ2v) is 5.14. The number of hydrogen-bond donors (Lipinski definition) is 1. The molecule has 0 amide bonds. The summed E-state index contributed by atoms with van der Waals surface area (Å²) < 4.78 is 0. The van der Waals surface area contributed by atoms with Crippen molar-refractivity contribution in [3.63, 3.8) is 0 Å². The largest absolute Gasteiger partial charge is 0.388 e. The summed E-state index contributed by atoms with van der Waals surface area (Å²) in [5, 5.41) is 10.8. The quantitative estimate of drug-likeness (QED) is 0.754. The molecule has 2 atom stereocenters. The summed E-state index contributed by atoms with van der Waals surface area (Å²) in [6, 6.07) is 6.99. The van der Waals surface area contributed by atoms with Gasteiger partial charge in [-0.25, -0.2) is 0 Å². The molecule has 1 N–H and O–H groups in total. The summed E-state index contributed by atoms with van der Waals surface area (Å²) in [6.07, 6.45) is 2.89. The third kappa shape index (κ3) is 4.43.